The van der Waals surface area contributed by atoms with Crippen molar-refractivity contribution < 1.29 is 13.8 Å². The summed E-state index contributed by atoms with van der Waals surface area (Å²) >= 11 is 6.04. The van der Waals surface area contributed by atoms with Crippen LogP contribution in [0.25, 0.3) is 22.2 Å². The van der Waals surface area contributed by atoms with Gasteiger partial charge in [0.05, 0.1) is 6.54 Å². The van der Waals surface area contributed by atoms with Crippen molar-refractivity contribution in [3.8, 4) is 17.1 Å². The van der Waals surface area contributed by atoms with Gasteiger partial charge in [-0.1, -0.05) is 47.1 Å². The summed E-state index contributed by atoms with van der Waals surface area (Å²) in [6.45, 7) is 1.25. The smallest absolute Gasteiger partial charge is 0.341 e. The quantitative estimate of drug-likeness (QED) is 0.349. The first kappa shape index (κ1) is 20.3. The second-order valence-electron chi connectivity index (χ2n) is 7.87. The summed E-state index contributed by atoms with van der Waals surface area (Å²) < 4.78 is 13.4. The van der Waals surface area contributed by atoms with Crippen molar-refractivity contribution in [3.05, 3.63) is 77.1 Å². The highest BCUT2D eigenvalue weighted by atomic mass is 35.5. The second kappa shape index (κ2) is 8.51. The summed E-state index contributed by atoms with van der Waals surface area (Å²) in [5, 5.41) is 7.01. The van der Waals surface area contributed by atoms with Crippen molar-refractivity contribution in [1.82, 2.24) is 10.1 Å². The zero-order chi connectivity index (χ0) is 22.1. The number of ether oxygens (including phenoxy) is 1. The fourth-order valence-electron chi connectivity index (χ4n) is 4.07. The molecule has 5 rings (SSSR count). The fourth-order valence-corrected chi connectivity index (χ4v) is 4.28. The van der Waals surface area contributed by atoms with Gasteiger partial charge in [-0.25, -0.2) is 0 Å². The van der Waals surface area contributed by atoms with Crippen LogP contribution in [0.2, 0.25) is 5.02 Å². The Morgan fingerprint density at radius 3 is 2.78 bits per heavy atom. The average molecular weight is 449 g/mol. The molecule has 0 bridgehead atoms. The standard InChI is InChI=1S/C24H22ClN5O2/c25-19-4-1-3-15(11-19)14-31-20-9-8-16-12-18(7-6-17(16)13-20)22-28-23(32-29-22)21-5-2-10-30(21)24(26)27/h1,3-4,6-9,11-13,21H,2,5,10,14H2,(H3,26,27)/p+1/t21-/m0/s1. The van der Waals surface area contributed by atoms with E-state index in [1.165, 1.54) is 0 Å². The van der Waals surface area contributed by atoms with Crippen LogP contribution >= 0.6 is 11.6 Å². The molecule has 0 unspecified atom stereocenters. The Balaban J connectivity index is 1.35. The van der Waals surface area contributed by atoms with E-state index in [0.717, 1.165) is 47.0 Å². The van der Waals surface area contributed by atoms with Crippen molar-refractivity contribution >= 4 is 28.3 Å². The molecule has 1 saturated heterocycles. The van der Waals surface area contributed by atoms with E-state index < -0.39 is 0 Å². The van der Waals surface area contributed by atoms with Gasteiger partial charge < -0.3 is 9.26 Å². The summed E-state index contributed by atoms with van der Waals surface area (Å²) in [7, 11) is 0. The summed E-state index contributed by atoms with van der Waals surface area (Å²) in [6, 6.07) is 19.6. The lowest BCUT2D eigenvalue weighted by atomic mass is 10.1. The van der Waals surface area contributed by atoms with E-state index in [9.17, 15) is 0 Å². The van der Waals surface area contributed by atoms with Gasteiger partial charge in [-0.3, -0.25) is 16.0 Å². The number of nitrogens with zero attached hydrogens (tertiary/aromatic N) is 3. The predicted octanol–water partition coefficient (Wildman–Crippen LogP) is 4.24. The van der Waals surface area contributed by atoms with E-state index >= 15 is 0 Å². The summed E-state index contributed by atoms with van der Waals surface area (Å²) in [5.41, 5.74) is 13.5. The molecule has 4 aromatic rings. The number of fused-ring (bicyclic) bond motifs is 1. The zero-order valence-electron chi connectivity index (χ0n) is 17.4. The number of hydrogen-bond acceptors (Lipinski definition) is 4. The highest BCUT2D eigenvalue weighted by Crippen LogP contribution is 2.30. The summed E-state index contributed by atoms with van der Waals surface area (Å²) in [4.78, 5) is 4.61. The van der Waals surface area contributed by atoms with Gasteiger partial charge >= 0.3 is 5.96 Å². The van der Waals surface area contributed by atoms with Crippen molar-refractivity contribution in [1.29, 1.82) is 0 Å². The normalized spacial score (nSPS) is 15.9. The first-order valence-electron chi connectivity index (χ1n) is 10.5. The maximum absolute atomic E-state index is 6.04. The highest BCUT2D eigenvalue weighted by molar-refractivity contribution is 6.30. The minimum absolute atomic E-state index is 0.0686. The van der Waals surface area contributed by atoms with Crippen LogP contribution in [0, 0.1) is 0 Å². The molecule has 162 valence electrons. The van der Waals surface area contributed by atoms with Crippen molar-refractivity contribution in [2.45, 2.75) is 25.5 Å². The van der Waals surface area contributed by atoms with E-state index in [2.05, 4.69) is 10.1 Å². The molecular weight excluding hydrogens is 426 g/mol. The van der Waals surface area contributed by atoms with Gasteiger partial charge in [-0.2, -0.15) is 4.98 Å². The van der Waals surface area contributed by atoms with Crippen LogP contribution in [0.1, 0.15) is 30.3 Å². The van der Waals surface area contributed by atoms with Gasteiger partial charge in [0.25, 0.3) is 5.89 Å². The fraction of sp³-hybridized carbons (Fsp3) is 0.208. The van der Waals surface area contributed by atoms with E-state index in [-0.39, 0.29) is 12.0 Å². The van der Waals surface area contributed by atoms with Crippen LogP contribution in [-0.2, 0) is 6.61 Å². The molecule has 0 radical (unpaired) electrons. The number of nitrogens with two attached hydrogens (primary N) is 2. The van der Waals surface area contributed by atoms with E-state index in [4.69, 9.17) is 32.3 Å². The third kappa shape index (κ3) is 4.11. The summed E-state index contributed by atoms with van der Waals surface area (Å²) in [6.07, 6.45) is 1.87. The maximum atomic E-state index is 6.04. The number of aromatic nitrogens is 2. The minimum Gasteiger partial charge on any atom is -0.489 e. The molecule has 7 nitrogen and oxygen atoms in total. The third-order valence-electron chi connectivity index (χ3n) is 5.68. The molecule has 8 heteroatoms. The molecule has 1 aromatic heterocycles. The van der Waals surface area contributed by atoms with E-state index in [1.807, 2.05) is 65.2 Å². The van der Waals surface area contributed by atoms with E-state index in [1.54, 1.807) is 0 Å². The Kier molecular flexibility index (Phi) is 5.41. The highest BCUT2D eigenvalue weighted by Gasteiger charge is 2.31. The molecule has 0 aliphatic carbocycles. The van der Waals surface area contributed by atoms with Crippen LogP contribution < -0.4 is 16.2 Å². The lowest BCUT2D eigenvalue weighted by Crippen LogP contribution is -2.35. The second-order valence-corrected chi connectivity index (χ2v) is 8.31. The number of hydrogen-bond donors (Lipinski definition) is 2. The molecule has 0 saturated carbocycles. The molecule has 0 amide bonds. The Bertz CT molecular complexity index is 1310. The Hall–Kier alpha value is -3.58. The minimum atomic E-state index is -0.0686. The molecular formula is C24H23ClN5O2+. The molecule has 1 aliphatic rings. The monoisotopic (exact) mass is 448 g/mol. The summed E-state index contributed by atoms with van der Waals surface area (Å²) in [5.74, 6) is 2.16. The zero-order valence-corrected chi connectivity index (χ0v) is 18.1. The van der Waals surface area contributed by atoms with Crippen LogP contribution in [0.4, 0.5) is 0 Å². The lowest BCUT2D eigenvalue weighted by molar-refractivity contribution is -0.555. The van der Waals surface area contributed by atoms with Gasteiger partial charge in [-0.15, -0.1) is 0 Å². The maximum Gasteiger partial charge on any atom is 0.341 e. The van der Waals surface area contributed by atoms with E-state index in [0.29, 0.717) is 23.3 Å². The largest absolute Gasteiger partial charge is 0.489 e. The Labute approximate surface area is 190 Å². The third-order valence-corrected chi connectivity index (χ3v) is 5.91. The van der Waals surface area contributed by atoms with Crippen LogP contribution in [0.5, 0.6) is 5.75 Å². The first-order valence-corrected chi connectivity index (χ1v) is 10.8. The Morgan fingerprint density at radius 1 is 1.09 bits per heavy atom. The van der Waals surface area contributed by atoms with Gasteiger partial charge in [-0.05, 0) is 59.5 Å². The van der Waals surface area contributed by atoms with Gasteiger partial charge in [0, 0.05) is 10.6 Å². The molecule has 32 heavy (non-hydrogen) atoms. The molecule has 4 N–H and O–H groups in total. The lowest BCUT2D eigenvalue weighted by Gasteiger charge is -2.08. The van der Waals surface area contributed by atoms with Crippen LogP contribution in [-0.4, -0.2) is 27.2 Å². The Morgan fingerprint density at radius 2 is 1.94 bits per heavy atom. The predicted molar refractivity (Wildman–Crippen MR) is 124 cm³/mol. The van der Waals surface area contributed by atoms with Gasteiger partial charge in [0.2, 0.25) is 5.82 Å². The van der Waals surface area contributed by atoms with Gasteiger partial charge in [0.1, 0.15) is 12.4 Å². The molecule has 1 fully saturated rings. The molecule has 0 spiro atoms. The number of benzene rings is 3. The first-order chi connectivity index (χ1) is 15.6. The number of halogens is 1. The molecule has 1 aliphatic heterocycles. The number of guanidine groups is 1. The number of rotatable bonds is 5. The van der Waals surface area contributed by atoms with Crippen molar-refractivity contribution in [3.63, 3.8) is 0 Å². The molecule has 3 aromatic carbocycles. The van der Waals surface area contributed by atoms with Gasteiger partial charge in [0.15, 0.2) is 6.04 Å². The van der Waals surface area contributed by atoms with Crippen LogP contribution in [0.3, 0.4) is 0 Å². The van der Waals surface area contributed by atoms with Crippen molar-refractivity contribution in [2.24, 2.45) is 11.5 Å². The topological polar surface area (TPSA) is 103 Å². The SMILES string of the molecule is NC(N)=[N+]1CCC[C@H]1c1nc(-c2ccc3cc(OCc4cccc(Cl)c4)ccc3c2)no1. The van der Waals surface area contributed by atoms with Crippen LogP contribution in [0.15, 0.2) is 65.2 Å². The average Bonchev–Trinajstić information content (AvgIpc) is 3.47. The molecule has 2 heterocycles. The molecule has 1 atom stereocenters. The van der Waals surface area contributed by atoms with Crippen molar-refractivity contribution in [2.75, 3.05) is 6.54 Å².